The van der Waals surface area contributed by atoms with E-state index in [1.165, 1.54) is 25.0 Å². The van der Waals surface area contributed by atoms with Gasteiger partial charge in [-0.1, -0.05) is 0 Å². The summed E-state index contributed by atoms with van der Waals surface area (Å²) in [5, 5.41) is 0. The monoisotopic (exact) mass is 335 g/mol. The van der Waals surface area contributed by atoms with Crippen molar-refractivity contribution in [1.82, 2.24) is 9.80 Å². The number of nitrogens with two attached hydrogens (primary N) is 1. The Labute approximate surface area is 142 Å². The molecule has 5 rings (SSSR count). The second-order valence-corrected chi connectivity index (χ2v) is 8.58. The van der Waals surface area contributed by atoms with Crippen molar-refractivity contribution >= 4 is 0 Å². The van der Waals surface area contributed by atoms with Gasteiger partial charge in [-0.05, 0) is 63.4 Å². The number of hydrogen-bond donors (Lipinski definition) is 1. The number of benzene rings is 1. The third-order valence-corrected chi connectivity index (χ3v) is 6.02. The van der Waals surface area contributed by atoms with Crippen molar-refractivity contribution in [2.45, 2.75) is 50.2 Å². The SMILES string of the molecule is CC(C)(N)CN1C[C@H](c2cc(F)cc(F)c2)[C@H]2[C@@H]1C1CCN2CC1. The number of halogens is 2. The van der Waals surface area contributed by atoms with E-state index in [1.807, 2.05) is 0 Å². The summed E-state index contributed by atoms with van der Waals surface area (Å²) in [7, 11) is 0. The minimum Gasteiger partial charge on any atom is -0.324 e. The normalized spacial score (nSPS) is 36.1. The molecule has 5 heteroatoms. The molecule has 0 spiro atoms. The van der Waals surface area contributed by atoms with Gasteiger partial charge in [-0.3, -0.25) is 9.80 Å². The van der Waals surface area contributed by atoms with Crippen molar-refractivity contribution in [1.29, 1.82) is 0 Å². The Hall–Kier alpha value is -1.04. The van der Waals surface area contributed by atoms with Gasteiger partial charge in [0, 0.05) is 42.7 Å². The maximum Gasteiger partial charge on any atom is 0.126 e. The number of piperidine rings is 3. The Morgan fingerprint density at radius 2 is 1.71 bits per heavy atom. The largest absolute Gasteiger partial charge is 0.324 e. The van der Waals surface area contributed by atoms with Crippen molar-refractivity contribution in [2.24, 2.45) is 11.7 Å². The molecule has 4 aliphatic rings. The fourth-order valence-electron chi connectivity index (χ4n) is 5.33. The molecule has 2 bridgehead atoms. The standard InChI is InChI=1S/C19H27F2N3/c1-19(2,22)11-24-10-16(13-7-14(20)9-15(21)8-13)18-17(24)12-3-5-23(18)6-4-12/h7-9,12,16-18H,3-6,10-11,22H2,1-2H3/t16-,17+,18+/m1/s1. The van der Waals surface area contributed by atoms with Gasteiger partial charge in [0.25, 0.3) is 0 Å². The molecule has 1 aromatic rings. The first-order valence-corrected chi connectivity index (χ1v) is 9.05. The lowest BCUT2D eigenvalue weighted by Gasteiger charge is -2.51. The second-order valence-electron chi connectivity index (χ2n) is 8.58. The topological polar surface area (TPSA) is 32.5 Å². The lowest BCUT2D eigenvalue weighted by Crippen LogP contribution is -2.61. The summed E-state index contributed by atoms with van der Waals surface area (Å²) in [6.07, 6.45) is 2.46. The van der Waals surface area contributed by atoms with Gasteiger partial charge < -0.3 is 5.73 Å². The number of likely N-dealkylation sites (tertiary alicyclic amines) is 1. The first kappa shape index (κ1) is 16.4. The van der Waals surface area contributed by atoms with Crippen LogP contribution in [-0.4, -0.2) is 53.6 Å². The Balaban J connectivity index is 1.69. The van der Waals surface area contributed by atoms with Gasteiger partial charge >= 0.3 is 0 Å². The van der Waals surface area contributed by atoms with Crippen molar-refractivity contribution < 1.29 is 8.78 Å². The zero-order valence-electron chi connectivity index (χ0n) is 14.5. The van der Waals surface area contributed by atoms with Gasteiger partial charge in [-0.25, -0.2) is 8.78 Å². The van der Waals surface area contributed by atoms with Crippen LogP contribution < -0.4 is 5.73 Å². The Morgan fingerprint density at radius 1 is 1.08 bits per heavy atom. The molecule has 24 heavy (non-hydrogen) atoms. The summed E-state index contributed by atoms with van der Waals surface area (Å²) in [6, 6.07) is 4.83. The average molecular weight is 335 g/mol. The molecule has 3 atom stereocenters. The fourth-order valence-corrected chi connectivity index (χ4v) is 5.33. The molecule has 0 radical (unpaired) electrons. The van der Waals surface area contributed by atoms with E-state index in [-0.39, 0.29) is 11.5 Å². The highest BCUT2D eigenvalue weighted by molar-refractivity contribution is 5.28. The van der Waals surface area contributed by atoms with Crippen molar-refractivity contribution in [3.63, 3.8) is 0 Å². The summed E-state index contributed by atoms with van der Waals surface area (Å²) < 4.78 is 27.5. The van der Waals surface area contributed by atoms with Crippen LogP contribution in [0, 0.1) is 17.6 Å². The minimum atomic E-state index is -0.477. The molecule has 4 aliphatic heterocycles. The number of fused-ring (bicyclic) bond motifs is 2. The van der Waals surface area contributed by atoms with Crippen molar-refractivity contribution in [3.05, 3.63) is 35.4 Å². The highest BCUT2D eigenvalue weighted by atomic mass is 19.1. The molecule has 4 saturated heterocycles. The summed E-state index contributed by atoms with van der Waals surface area (Å²) in [5.41, 5.74) is 6.83. The highest BCUT2D eigenvalue weighted by Gasteiger charge is 2.53. The molecule has 2 N–H and O–H groups in total. The molecule has 4 heterocycles. The number of hydrogen-bond acceptors (Lipinski definition) is 3. The molecule has 0 unspecified atom stereocenters. The average Bonchev–Trinajstić information content (AvgIpc) is 2.87. The van der Waals surface area contributed by atoms with Crippen LogP contribution in [0.3, 0.4) is 0 Å². The fraction of sp³-hybridized carbons (Fsp3) is 0.684. The van der Waals surface area contributed by atoms with Crippen LogP contribution >= 0.6 is 0 Å². The van der Waals surface area contributed by atoms with Gasteiger partial charge in [0.2, 0.25) is 0 Å². The Morgan fingerprint density at radius 3 is 2.29 bits per heavy atom. The molecule has 3 nitrogen and oxygen atoms in total. The van der Waals surface area contributed by atoms with Gasteiger partial charge in [0.05, 0.1) is 0 Å². The summed E-state index contributed by atoms with van der Waals surface area (Å²) in [4.78, 5) is 5.04. The molecule has 1 aromatic carbocycles. The molecule has 132 valence electrons. The highest BCUT2D eigenvalue weighted by Crippen LogP contribution is 2.46. The van der Waals surface area contributed by atoms with Crippen molar-refractivity contribution in [2.75, 3.05) is 26.2 Å². The third-order valence-electron chi connectivity index (χ3n) is 6.02. The van der Waals surface area contributed by atoms with Crippen LogP contribution in [0.25, 0.3) is 0 Å². The Kier molecular flexibility index (Phi) is 3.94. The van der Waals surface area contributed by atoms with Crippen LogP contribution in [0.4, 0.5) is 8.78 Å². The van der Waals surface area contributed by atoms with E-state index in [0.29, 0.717) is 18.0 Å². The smallest absolute Gasteiger partial charge is 0.126 e. The van der Waals surface area contributed by atoms with E-state index in [2.05, 4.69) is 23.6 Å². The third kappa shape index (κ3) is 2.87. The van der Waals surface area contributed by atoms with Crippen LogP contribution in [0.15, 0.2) is 18.2 Å². The lowest BCUT2D eigenvalue weighted by atomic mass is 9.75. The lowest BCUT2D eigenvalue weighted by molar-refractivity contribution is -0.0104. The van der Waals surface area contributed by atoms with E-state index in [4.69, 9.17) is 5.73 Å². The van der Waals surface area contributed by atoms with E-state index in [1.54, 1.807) is 0 Å². The van der Waals surface area contributed by atoms with E-state index < -0.39 is 11.6 Å². The van der Waals surface area contributed by atoms with Crippen molar-refractivity contribution in [3.8, 4) is 0 Å². The molecule has 0 amide bonds. The zero-order valence-corrected chi connectivity index (χ0v) is 14.5. The maximum absolute atomic E-state index is 13.8. The van der Waals surface area contributed by atoms with Gasteiger partial charge in [-0.2, -0.15) is 0 Å². The molecule has 0 aliphatic carbocycles. The summed E-state index contributed by atoms with van der Waals surface area (Å²) >= 11 is 0. The zero-order chi connectivity index (χ0) is 17.1. The molecule has 0 saturated carbocycles. The molecular weight excluding hydrogens is 308 g/mol. The first-order valence-electron chi connectivity index (χ1n) is 9.05. The van der Waals surface area contributed by atoms with Crippen LogP contribution in [0.1, 0.15) is 38.2 Å². The second kappa shape index (κ2) is 5.75. The first-order chi connectivity index (χ1) is 11.3. The Bertz CT molecular complexity index is 599. The molecule has 0 aromatic heterocycles. The van der Waals surface area contributed by atoms with E-state index >= 15 is 0 Å². The predicted molar refractivity (Wildman–Crippen MR) is 90.8 cm³/mol. The quantitative estimate of drug-likeness (QED) is 0.921. The molecule has 4 fully saturated rings. The molecular formula is C19H27F2N3. The van der Waals surface area contributed by atoms with Gasteiger partial charge in [0.1, 0.15) is 11.6 Å². The van der Waals surface area contributed by atoms with Crippen LogP contribution in [-0.2, 0) is 0 Å². The summed E-state index contributed by atoms with van der Waals surface area (Å²) in [5.74, 6) is -0.110. The van der Waals surface area contributed by atoms with Crippen LogP contribution in [0.2, 0.25) is 0 Å². The van der Waals surface area contributed by atoms with Gasteiger partial charge in [-0.15, -0.1) is 0 Å². The van der Waals surface area contributed by atoms with Gasteiger partial charge in [0.15, 0.2) is 0 Å². The predicted octanol–water partition coefficient (Wildman–Crippen LogP) is 2.56. The minimum absolute atomic E-state index is 0.158. The number of nitrogens with zero attached hydrogens (tertiary/aromatic N) is 2. The number of rotatable bonds is 3. The van der Waals surface area contributed by atoms with E-state index in [0.717, 1.165) is 37.8 Å². The summed E-state index contributed by atoms with van der Waals surface area (Å²) in [6.45, 7) is 8.00. The maximum atomic E-state index is 13.8. The van der Waals surface area contributed by atoms with Crippen LogP contribution in [0.5, 0.6) is 0 Å². The van der Waals surface area contributed by atoms with E-state index in [9.17, 15) is 8.78 Å².